The molecule has 0 aromatic heterocycles. The maximum absolute atomic E-state index is 13.8. The first-order chi connectivity index (χ1) is 19.4. The molecule has 2 N–H and O–H groups in total. The van der Waals surface area contributed by atoms with E-state index in [9.17, 15) is 20.0 Å². The van der Waals surface area contributed by atoms with Crippen molar-refractivity contribution in [3.8, 4) is 23.3 Å². The van der Waals surface area contributed by atoms with Crippen LogP contribution in [-0.2, 0) is 9.59 Å². The number of methoxy groups -OCH3 is 3. The van der Waals surface area contributed by atoms with E-state index in [2.05, 4.69) is 11.5 Å². The molecule has 40 heavy (non-hydrogen) atoms. The summed E-state index contributed by atoms with van der Waals surface area (Å²) in [5.74, 6) is -0.450. The fourth-order valence-corrected chi connectivity index (χ4v) is 5.14. The second-order valence-electron chi connectivity index (χ2n) is 9.31. The van der Waals surface area contributed by atoms with Gasteiger partial charge in [0.25, 0.3) is 5.91 Å². The van der Waals surface area contributed by atoms with Crippen molar-refractivity contribution in [3.05, 3.63) is 90.0 Å². The summed E-state index contributed by atoms with van der Waals surface area (Å²) in [4.78, 5) is 28.5. The summed E-state index contributed by atoms with van der Waals surface area (Å²) in [6.07, 6.45) is 2.22. The molecule has 2 aliphatic heterocycles. The first-order valence-electron chi connectivity index (χ1n) is 12.6. The molecular formula is C30H28N4O6. The number of nitriles is 1. The van der Waals surface area contributed by atoms with Crippen molar-refractivity contribution in [2.24, 2.45) is 5.92 Å². The van der Waals surface area contributed by atoms with Gasteiger partial charge in [-0.05, 0) is 54.1 Å². The number of aliphatic hydroxyl groups is 1. The average Bonchev–Trinajstić information content (AvgIpc) is 3.26. The highest BCUT2D eigenvalue weighted by Crippen LogP contribution is 2.43. The van der Waals surface area contributed by atoms with E-state index in [4.69, 9.17) is 14.2 Å². The number of ether oxygens (including phenoxy) is 3. The lowest BCUT2D eigenvalue weighted by molar-refractivity contribution is -0.123. The third-order valence-electron chi connectivity index (χ3n) is 7.09. The Morgan fingerprint density at radius 2 is 1.55 bits per heavy atom. The third-order valence-corrected chi connectivity index (χ3v) is 7.09. The summed E-state index contributed by atoms with van der Waals surface area (Å²) in [5.41, 5.74) is 5.20. The number of hydrogen-bond acceptors (Lipinski definition) is 9. The van der Waals surface area contributed by atoms with E-state index in [1.807, 2.05) is 6.07 Å². The number of anilines is 2. The van der Waals surface area contributed by atoms with Crippen LogP contribution in [0, 0.1) is 17.2 Å². The summed E-state index contributed by atoms with van der Waals surface area (Å²) >= 11 is 0. The topological polar surface area (TPSA) is 124 Å². The second-order valence-corrected chi connectivity index (χ2v) is 9.31. The van der Waals surface area contributed by atoms with Crippen LogP contribution in [-0.4, -0.2) is 55.3 Å². The number of hydrogen-bond donors (Lipinski definition) is 2. The summed E-state index contributed by atoms with van der Waals surface area (Å²) < 4.78 is 16.4. The number of rotatable bonds is 8. The molecule has 5 rings (SSSR count). The van der Waals surface area contributed by atoms with Crippen LogP contribution >= 0.6 is 0 Å². The van der Waals surface area contributed by atoms with Crippen molar-refractivity contribution in [3.63, 3.8) is 0 Å². The van der Waals surface area contributed by atoms with Gasteiger partial charge in [0.15, 0.2) is 11.5 Å². The number of carbonyl (C=O) groups excluding carboxylic acids is 2. The molecule has 0 bridgehead atoms. The molecule has 1 saturated heterocycles. The Balaban J connectivity index is 1.57. The van der Waals surface area contributed by atoms with Crippen molar-refractivity contribution in [2.45, 2.75) is 18.2 Å². The zero-order valence-electron chi connectivity index (χ0n) is 22.1. The minimum absolute atomic E-state index is 0.357. The van der Waals surface area contributed by atoms with Gasteiger partial charge in [-0.1, -0.05) is 30.4 Å². The quantitative estimate of drug-likeness (QED) is 0.327. The molecule has 0 saturated carbocycles. The minimum atomic E-state index is -1.18. The van der Waals surface area contributed by atoms with Gasteiger partial charge in [-0.25, -0.2) is 9.91 Å². The van der Waals surface area contributed by atoms with Crippen LogP contribution in [0.4, 0.5) is 11.4 Å². The SMILES string of the molecule is COc1cc(C(O)C2C=CC3C(=O)N(c4ccccc4)C(=O)C3N2Nc2ccc(C#N)cc2)cc(OC)c1OC. The van der Waals surface area contributed by atoms with Gasteiger partial charge in [-0.3, -0.25) is 9.59 Å². The molecule has 10 nitrogen and oxygen atoms in total. The molecular weight excluding hydrogens is 512 g/mol. The van der Waals surface area contributed by atoms with Gasteiger partial charge in [-0.15, -0.1) is 0 Å². The molecule has 0 radical (unpaired) electrons. The predicted octanol–water partition coefficient (Wildman–Crippen LogP) is 3.44. The van der Waals surface area contributed by atoms with Crippen molar-refractivity contribution < 1.29 is 28.9 Å². The maximum atomic E-state index is 13.8. The van der Waals surface area contributed by atoms with Crippen LogP contribution in [0.15, 0.2) is 78.9 Å². The normalized spacial score (nSPS) is 21.0. The molecule has 3 aromatic rings. The van der Waals surface area contributed by atoms with Gasteiger partial charge < -0.3 is 24.7 Å². The van der Waals surface area contributed by atoms with Crippen molar-refractivity contribution >= 4 is 23.2 Å². The Kier molecular flexibility index (Phi) is 7.42. The smallest absolute Gasteiger partial charge is 0.254 e. The molecule has 4 unspecified atom stereocenters. The molecule has 3 aromatic carbocycles. The van der Waals surface area contributed by atoms with Gasteiger partial charge in [0.05, 0.1) is 50.6 Å². The lowest BCUT2D eigenvalue weighted by Crippen LogP contribution is -2.55. The van der Waals surface area contributed by atoms with E-state index in [-0.39, 0.29) is 5.91 Å². The Bertz CT molecular complexity index is 1460. The number of hydrazine groups is 1. The molecule has 0 spiro atoms. The predicted molar refractivity (Wildman–Crippen MR) is 147 cm³/mol. The number of para-hydroxylation sites is 1. The maximum Gasteiger partial charge on any atom is 0.254 e. The number of nitrogens with one attached hydrogen (secondary N) is 1. The highest BCUT2D eigenvalue weighted by molar-refractivity contribution is 6.24. The lowest BCUT2D eigenvalue weighted by Gasteiger charge is -2.40. The zero-order valence-corrected chi connectivity index (χ0v) is 22.1. The van der Waals surface area contributed by atoms with E-state index in [1.165, 1.54) is 26.2 Å². The third kappa shape index (κ3) is 4.62. The summed E-state index contributed by atoms with van der Waals surface area (Å²) in [5, 5.41) is 22.5. The molecule has 204 valence electrons. The van der Waals surface area contributed by atoms with E-state index >= 15 is 0 Å². The minimum Gasteiger partial charge on any atom is -0.493 e. The van der Waals surface area contributed by atoms with E-state index in [0.717, 1.165) is 0 Å². The van der Waals surface area contributed by atoms with Gasteiger partial charge in [0.1, 0.15) is 12.1 Å². The van der Waals surface area contributed by atoms with Crippen molar-refractivity contribution in [1.82, 2.24) is 5.01 Å². The van der Waals surface area contributed by atoms with Crippen molar-refractivity contribution in [1.29, 1.82) is 5.26 Å². The average molecular weight is 541 g/mol. The number of carbonyl (C=O) groups is 2. The molecule has 4 atom stereocenters. The second kappa shape index (κ2) is 11.1. The fraction of sp³-hybridized carbons (Fsp3) is 0.233. The summed E-state index contributed by atoms with van der Waals surface area (Å²) in [7, 11) is 4.46. The van der Waals surface area contributed by atoms with Crippen LogP contribution in [0.5, 0.6) is 17.2 Å². The van der Waals surface area contributed by atoms with Crippen LogP contribution in [0.3, 0.4) is 0 Å². The summed E-state index contributed by atoms with van der Waals surface area (Å²) in [6.45, 7) is 0. The standard InChI is InChI=1S/C30H28N4O6/c1-38-24-15-19(16-25(39-2)28(24)40-3)27(35)23-14-13-22-26(34(23)32-20-11-9-18(17-31)10-12-20)30(37)33(29(22)36)21-7-5-4-6-8-21/h4-16,22-23,26-27,32,35H,1-3H3. The summed E-state index contributed by atoms with van der Waals surface area (Å²) in [6, 6.07) is 19.1. The van der Waals surface area contributed by atoms with E-state index < -0.39 is 30.0 Å². The number of fused-ring (bicyclic) bond motifs is 1. The molecule has 1 fully saturated rings. The zero-order chi connectivity index (χ0) is 28.4. The van der Waals surface area contributed by atoms with E-state index in [1.54, 1.807) is 77.8 Å². The van der Waals surface area contributed by atoms with Crippen LogP contribution in [0.25, 0.3) is 0 Å². The van der Waals surface area contributed by atoms with E-state index in [0.29, 0.717) is 39.8 Å². The molecule has 10 heteroatoms. The largest absolute Gasteiger partial charge is 0.493 e. The van der Waals surface area contributed by atoms with Crippen LogP contribution in [0.2, 0.25) is 0 Å². The number of aliphatic hydroxyl groups excluding tert-OH is 1. The van der Waals surface area contributed by atoms with Crippen LogP contribution < -0.4 is 24.5 Å². The molecule has 2 aliphatic rings. The Morgan fingerprint density at radius 1 is 0.900 bits per heavy atom. The van der Waals surface area contributed by atoms with Gasteiger partial charge in [0.2, 0.25) is 11.7 Å². The van der Waals surface area contributed by atoms with Crippen LogP contribution in [0.1, 0.15) is 17.2 Å². The highest BCUT2D eigenvalue weighted by Gasteiger charge is 2.54. The van der Waals surface area contributed by atoms with Crippen molar-refractivity contribution in [2.75, 3.05) is 31.7 Å². The molecule has 2 amide bonds. The van der Waals surface area contributed by atoms with Gasteiger partial charge in [-0.2, -0.15) is 5.26 Å². The first-order valence-corrected chi connectivity index (χ1v) is 12.6. The number of amides is 2. The Labute approximate surface area is 231 Å². The first kappa shape index (κ1) is 26.7. The molecule has 0 aliphatic carbocycles. The Morgan fingerprint density at radius 3 is 2.12 bits per heavy atom. The number of imide groups is 1. The Hall–Kier alpha value is -4.85. The number of nitrogens with zero attached hydrogens (tertiary/aromatic N) is 3. The molecule has 2 heterocycles. The fourth-order valence-electron chi connectivity index (χ4n) is 5.14. The highest BCUT2D eigenvalue weighted by atomic mass is 16.5. The lowest BCUT2D eigenvalue weighted by atomic mass is 9.90. The monoisotopic (exact) mass is 540 g/mol. The number of benzene rings is 3. The van der Waals surface area contributed by atoms with Gasteiger partial charge >= 0.3 is 0 Å². The van der Waals surface area contributed by atoms with Gasteiger partial charge in [0, 0.05) is 5.69 Å².